The second-order valence-corrected chi connectivity index (χ2v) is 4.51. The summed E-state index contributed by atoms with van der Waals surface area (Å²) in [5.41, 5.74) is 5.09. The van der Waals surface area contributed by atoms with E-state index in [9.17, 15) is 0 Å². The van der Waals surface area contributed by atoms with Gasteiger partial charge in [0.25, 0.3) is 0 Å². The first-order valence-corrected chi connectivity index (χ1v) is 5.56. The first-order valence-electron chi connectivity index (χ1n) is 5.56. The fourth-order valence-corrected chi connectivity index (χ4v) is 2.06. The van der Waals surface area contributed by atoms with Crippen molar-refractivity contribution in [3.8, 4) is 0 Å². The van der Waals surface area contributed by atoms with E-state index in [4.69, 9.17) is 5.84 Å². The zero-order chi connectivity index (χ0) is 10.8. The summed E-state index contributed by atoms with van der Waals surface area (Å²) in [5.74, 6) is 7.80. The minimum absolute atomic E-state index is 0.579. The third-order valence-corrected chi connectivity index (χ3v) is 2.71. The molecule has 1 aromatic rings. The normalized spacial score (nSPS) is 14.4. The van der Waals surface area contributed by atoms with Gasteiger partial charge in [0.1, 0.15) is 11.6 Å². The second-order valence-electron chi connectivity index (χ2n) is 4.51. The number of nitrogens with two attached hydrogens (primary N) is 1. The summed E-state index contributed by atoms with van der Waals surface area (Å²) in [4.78, 5) is 9.05. The number of rotatable bonds is 3. The highest BCUT2D eigenvalue weighted by Gasteiger charge is 2.18. The molecule has 0 bridgehead atoms. The summed E-state index contributed by atoms with van der Waals surface area (Å²) in [6.45, 7) is 4.35. The van der Waals surface area contributed by atoms with E-state index < -0.39 is 0 Å². The summed E-state index contributed by atoms with van der Waals surface area (Å²) in [5, 5.41) is 0. The Hall–Kier alpha value is -1.16. The third-order valence-electron chi connectivity index (χ3n) is 2.71. The van der Waals surface area contributed by atoms with Crippen LogP contribution in [0.3, 0.4) is 0 Å². The highest BCUT2D eigenvalue weighted by atomic mass is 15.3. The lowest BCUT2D eigenvalue weighted by molar-refractivity contribution is 0.618. The number of fused-ring (bicyclic) bond motifs is 1. The number of hydrogen-bond donors (Lipinski definition) is 2. The zero-order valence-corrected chi connectivity index (χ0v) is 9.38. The lowest BCUT2D eigenvalue weighted by Crippen LogP contribution is -2.14. The van der Waals surface area contributed by atoms with E-state index >= 15 is 0 Å². The van der Waals surface area contributed by atoms with Gasteiger partial charge in [-0.15, -0.1) is 0 Å². The fourth-order valence-electron chi connectivity index (χ4n) is 2.06. The molecule has 0 spiro atoms. The Balaban J connectivity index is 2.34. The Bertz CT molecular complexity index is 360. The van der Waals surface area contributed by atoms with Crippen molar-refractivity contribution >= 4 is 5.82 Å². The van der Waals surface area contributed by atoms with Crippen molar-refractivity contribution in [1.82, 2.24) is 9.97 Å². The van der Waals surface area contributed by atoms with Crippen molar-refractivity contribution in [2.45, 2.75) is 39.5 Å². The van der Waals surface area contributed by atoms with Crippen LogP contribution in [0.15, 0.2) is 0 Å². The van der Waals surface area contributed by atoms with E-state index in [-0.39, 0.29) is 0 Å². The van der Waals surface area contributed by atoms with Gasteiger partial charge >= 0.3 is 0 Å². The molecule has 82 valence electrons. The van der Waals surface area contributed by atoms with E-state index in [1.807, 2.05) is 0 Å². The van der Waals surface area contributed by atoms with Crippen LogP contribution < -0.4 is 11.3 Å². The van der Waals surface area contributed by atoms with Gasteiger partial charge in [0.15, 0.2) is 0 Å². The number of anilines is 1. The molecule has 0 saturated heterocycles. The molecule has 0 amide bonds. The van der Waals surface area contributed by atoms with Crippen molar-refractivity contribution in [3.05, 3.63) is 17.1 Å². The first-order chi connectivity index (χ1) is 7.20. The van der Waals surface area contributed by atoms with Crippen LogP contribution in [-0.2, 0) is 19.3 Å². The predicted molar refractivity (Wildman–Crippen MR) is 60.4 cm³/mol. The summed E-state index contributed by atoms with van der Waals surface area (Å²) >= 11 is 0. The van der Waals surface area contributed by atoms with Crippen molar-refractivity contribution < 1.29 is 0 Å². The van der Waals surface area contributed by atoms with Crippen molar-refractivity contribution in [1.29, 1.82) is 0 Å². The van der Waals surface area contributed by atoms with E-state index in [2.05, 4.69) is 29.2 Å². The minimum atomic E-state index is 0.579. The average Bonchev–Trinajstić information content (AvgIpc) is 2.63. The van der Waals surface area contributed by atoms with Gasteiger partial charge in [0.05, 0.1) is 0 Å². The molecule has 0 aliphatic heterocycles. The largest absolute Gasteiger partial charge is 0.308 e. The number of aryl methyl sites for hydroxylation is 1. The summed E-state index contributed by atoms with van der Waals surface area (Å²) in [6.07, 6.45) is 4.21. The Morgan fingerprint density at radius 2 is 2.13 bits per heavy atom. The molecule has 1 aliphatic rings. The molecule has 0 saturated carbocycles. The molecule has 3 N–H and O–H groups in total. The standard InChI is InChI=1S/C11H18N4/c1-7(2)6-10-13-9-5-3-4-8(9)11(14-10)15-12/h7H,3-6,12H2,1-2H3,(H,13,14,15). The van der Waals surface area contributed by atoms with Crippen LogP contribution in [-0.4, -0.2) is 9.97 Å². The highest BCUT2D eigenvalue weighted by molar-refractivity contribution is 5.47. The van der Waals surface area contributed by atoms with Gasteiger partial charge in [-0.2, -0.15) is 0 Å². The number of aromatic nitrogens is 2. The van der Waals surface area contributed by atoms with Gasteiger partial charge in [0, 0.05) is 17.7 Å². The Morgan fingerprint density at radius 1 is 1.33 bits per heavy atom. The molecule has 0 aromatic carbocycles. The third kappa shape index (κ3) is 2.09. The molecule has 1 aliphatic carbocycles. The van der Waals surface area contributed by atoms with E-state index in [0.717, 1.165) is 30.9 Å². The summed E-state index contributed by atoms with van der Waals surface area (Å²) in [7, 11) is 0. The van der Waals surface area contributed by atoms with Crippen LogP contribution in [0.25, 0.3) is 0 Å². The molecule has 0 radical (unpaired) electrons. The quantitative estimate of drug-likeness (QED) is 0.580. The van der Waals surface area contributed by atoms with E-state index in [1.165, 1.54) is 17.7 Å². The van der Waals surface area contributed by atoms with Gasteiger partial charge in [-0.05, 0) is 25.2 Å². The average molecular weight is 206 g/mol. The van der Waals surface area contributed by atoms with E-state index in [1.54, 1.807) is 0 Å². The van der Waals surface area contributed by atoms with Crippen LogP contribution in [0.1, 0.15) is 37.4 Å². The van der Waals surface area contributed by atoms with Crippen LogP contribution in [0.5, 0.6) is 0 Å². The zero-order valence-electron chi connectivity index (χ0n) is 9.38. The number of nitrogen functional groups attached to an aromatic ring is 1. The second kappa shape index (κ2) is 4.14. The summed E-state index contributed by atoms with van der Waals surface area (Å²) < 4.78 is 0. The molecule has 1 heterocycles. The van der Waals surface area contributed by atoms with E-state index in [0.29, 0.717) is 5.92 Å². The molecular formula is C11H18N4. The van der Waals surface area contributed by atoms with Gasteiger partial charge < -0.3 is 5.43 Å². The van der Waals surface area contributed by atoms with Gasteiger partial charge in [-0.1, -0.05) is 13.8 Å². The van der Waals surface area contributed by atoms with Crippen LogP contribution in [0.4, 0.5) is 5.82 Å². The molecule has 0 unspecified atom stereocenters. The lowest BCUT2D eigenvalue weighted by Gasteiger charge is -2.10. The topological polar surface area (TPSA) is 63.8 Å². The van der Waals surface area contributed by atoms with Crippen LogP contribution in [0, 0.1) is 5.92 Å². The highest BCUT2D eigenvalue weighted by Crippen LogP contribution is 2.26. The lowest BCUT2D eigenvalue weighted by atomic mass is 10.1. The number of nitrogens with zero attached hydrogens (tertiary/aromatic N) is 2. The molecule has 4 heteroatoms. The smallest absolute Gasteiger partial charge is 0.147 e. The SMILES string of the molecule is CC(C)Cc1nc2c(c(NN)n1)CCC2. The van der Waals surface area contributed by atoms with Crippen LogP contribution in [0.2, 0.25) is 0 Å². The molecule has 0 fully saturated rings. The predicted octanol–water partition coefficient (Wildman–Crippen LogP) is 1.45. The Morgan fingerprint density at radius 3 is 2.80 bits per heavy atom. The minimum Gasteiger partial charge on any atom is -0.308 e. The Labute approximate surface area is 90.3 Å². The maximum Gasteiger partial charge on any atom is 0.147 e. The molecule has 0 atom stereocenters. The van der Waals surface area contributed by atoms with Crippen molar-refractivity contribution in [3.63, 3.8) is 0 Å². The number of hydrazine groups is 1. The monoisotopic (exact) mass is 206 g/mol. The Kier molecular flexibility index (Phi) is 2.86. The first kappa shape index (κ1) is 10.4. The number of hydrogen-bond acceptors (Lipinski definition) is 4. The maximum absolute atomic E-state index is 5.48. The molecule has 4 nitrogen and oxygen atoms in total. The number of nitrogens with one attached hydrogen (secondary N) is 1. The van der Waals surface area contributed by atoms with Gasteiger partial charge in [0.2, 0.25) is 0 Å². The van der Waals surface area contributed by atoms with Gasteiger partial charge in [-0.3, -0.25) is 0 Å². The molecule has 2 rings (SSSR count). The molecule has 1 aromatic heterocycles. The van der Waals surface area contributed by atoms with Crippen molar-refractivity contribution in [2.24, 2.45) is 11.8 Å². The van der Waals surface area contributed by atoms with Crippen molar-refractivity contribution in [2.75, 3.05) is 5.43 Å². The van der Waals surface area contributed by atoms with Gasteiger partial charge in [-0.25, -0.2) is 15.8 Å². The molecule has 15 heavy (non-hydrogen) atoms. The summed E-state index contributed by atoms with van der Waals surface area (Å²) in [6, 6.07) is 0. The maximum atomic E-state index is 5.48. The fraction of sp³-hybridized carbons (Fsp3) is 0.636. The van der Waals surface area contributed by atoms with Crippen LogP contribution >= 0.6 is 0 Å². The molecular weight excluding hydrogens is 188 g/mol.